The predicted octanol–water partition coefficient (Wildman–Crippen LogP) is 7.81. The molecule has 2 amide bonds. The number of nitrogens with one attached hydrogen (secondary N) is 2. The number of amides is 2. The van der Waals surface area contributed by atoms with Crippen molar-refractivity contribution in [3.8, 4) is 22.6 Å². The smallest absolute Gasteiger partial charge is 0.411 e. The molecule has 0 bridgehead atoms. The molecule has 1 aromatic heterocycles. The monoisotopic (exact) mass is 816 g/mol. The van der Waals surface area contributed by atoms with E-state index < -0.39 is 12.2 Å². The highest BCUT2D eigenvalue weighted by Gasteiger charge is 2.24. The van der Waals surface area contributed by atoms with Crippen molar-refractivity contribution in [2.75, 3.05) is 45.7 Å². The summed E-state index contributed by atoms with van der Waals surface area (Å²) >= 11 is 0. The molecule has 5 aromatic rings. The van der Waals surface area contributed by atoms with E-state index in [1.165, 1.54) is 12.1 Å². The molecule has 60 heavy (non-hydrogen) atoms. The molecule has 12 nitrogen and oxygen atoms in total. The largest absolute Gasteiger partial charge is 0.506 e. The lowest BCUT2D eigenvalue weighted by atomic mass is 9.96. The van der Waals surface area contributed by atoms with Crippen molar-refractivity contribution in [2.45, 2.75) is 76.4 Å². The van der Waals surface area contributed by atoms with Crippen molar-refractivity contribution in [2.24, 2.45) is 0 Å². The van der Waals surface area contributed by atoms with E-state index >= 15 is 0 Å². The van der Waals surface area contributed by atoms with Crippen molar-refractivity contribution < 1.29 is 34.1 Å². The summed E-state index contributed by atoms with van der Waals surface area (Å²) in [4.78, 5) is 57.0. The second-order valence-electron chi connectivity index (χ2n) is 15.6. The number of Topliss-reactive ketones (excluding diaryl/α,β-unsaturated/α-hetero) is 1. The number of anilines is 1. The second kappa shape index (κ2) is 21.3. The van der Waals surface area contributed by atoms with Gasteiger partial charge in [0.15, 0.2) is 0 Å². The Labute approximate surface area is 351 Å². The number of carbonyl (C=O) groups is 3. The van der Waals surface area contributed by atoms with E-state index in [-0.39, 0.29) is 29.1 Å². The number of rotatable bonds is 19. The fourth-order valence-electron chi connectivity index (χ4n) is 7.90. The number of aromatic nitrogens is 1. The maximum Gasteiger partial charge on any atom is 0.411 e. The van der Waals surface area contributed by atoms with Gasteiger partial charge in [0.25, 0.3) is 0 Å². The number of aryl methyl sites for hydroxylation is 1. The zero-order valence-corrected chi connectivity index (χ0v) is 34.5. The number of aliphatic hydroxyl groups excluding tert-OH is 1. The van der Waals surface area contributed by atoms with Crippen LogP contribution < -0.4 is 15.6 Å². The minimum atomic E-state index is -0.763. The number of carbonyl (C=O) groups excluding carboxylic acids is 3. The highest BCUT2D eigenvalue weighted by molar-refractivity contribution is 5.91. The number of ether oxygens (including phenoxy) is 2. The molecule has 4 aromatic carbocycles. The van der Waals surface area contributed by atoms with Crippen LogP contribution in [0.3, 0.4) is 0 Å². The number of pyridine rings is 1. The van der Waals surface area contributed by atoms with Crippen LogP contribution in [0.15, 0.2) is 102 Å². The summed E-state index contributed by atoms with van der Waals surface area (Å²) < 4.78 is 11.4. The fraction of sp³-hybridized carbons (Fsp3) is 0.375. The van der Waals surface area contributed by atoms with E-state index in [1.54, 1.807) is 31.2 Å². The number of benzene rings is 4. The summed E-state index contributed by atoms with van der Waals surface area (Å²) in [5, 5.41) is 24.6. The molecule has 1 saturated heterocycles. The first-order valence-electron chi connectivity index (χ1n) is 20.9. The summed E-state index contributed by atoms with van der Waals surface area (Å²) in [7, 11) is 3.41. The first-order valence-corrected chi connectivity index (χ1v) is 20.9. The zero-order chi connectivity index (χ0) is 42.4. The Morgan fingerprint density at radius 3 is 2.47 bits per heavy atom. The normalized spacial score (nSPS) is 13.8. The topological polar surface area (TPSA) is 162 Å². The van der Waals surface area contributed by atoms with Crippen LogP contribution in [0.1, 0.15) is 74.2 Å². The third kappa shape index (κ3) is 12.0. The van der Waals surface area contributed by atoms with Crippen LogP contribution in [0.25, 0.3) is 22.0 Å². The number of piperidine rings is 1. The van der Waals surface area contributed by atoms with Gasteiger partial charge in [-0.2, -0.15) is 0 Å². The highest BCUT2D eigenvalue weighted by atomic mass is 16.6. The van der Waals surface area contributed by atoms with Crippen molar-refractivity contribution in [3.05, 3.63) is 124 Å². The molecule has 6 rings (SSSR count). The average Bonchev–Trinajstić information content (AvgIpc) is 3.25. The molecule has 1 aliphatic heterocycles. The molecule has 0 spiro atoms. The summed E-state index contributed by atoms with van der Waals surface area (Å²) in [5.74, 6) is 0.858. The minimum Gasteiger partial charge on any atom is -0.506 e. The van der Waals surface area contributed by atoms with Gasteiger partial charge >= 0.3 is 6.09 Å². The standard InChI is InChI=1S/C48H56N4O8/c1-51(46(57)26-30-52-28-24-37(25-29-52)60-48(58)49-41-16-8-7-15-38(41)34-11-4-3-5-12-34)27-10-14-36(53)32-33-18-22-44(59-2)35(31-33)13-6-9-17-42(54)39-19-21-43(55)47-40(39)20-23-45(56)50-47/h3-5,7-8,11-12,15-16,18-23,31,37,42,54-55H,6,9-10,13-14,17,24-30,32H2,1-2H3,(H,49,58)(H,50,56)/t42-/m0/s1. The molecule has 0 saturated carbocycles. The van der Waals surface area contributed by atoms with Gasteiger partial charge in [0.1, 0.15) is 23.4 Å². The molecule has 12 heteroatoms. The quantitative estimate of drug-likeness (QED) is 0.0610. The number of aromatic amines is 1. The second-order valence-corrected chi connectivity index (χ2v) is 15.6. The Bertz CT molecular complexity index is 2290. The molecule has 1 fully saturated rings. The van der Waals surface area contributed by atoms with Gasteiger partial charge in [0.2, 0.25) is 11.5 Å². The number of hydrogen-bond acceptors (Lipinski definition) is 9. The summed E-state index contributed by atoms with van der Waals surface area (Å²) in [6, 6.07) is 29.5. The molecule has 1 aliphatic rings. The van der Waals surface area contributed by atoms with Crippen LogP contribution >= 0.6 is 0 Å². The Hall–Kier alpha value is -5.98. The van der Waals surface area contributed by atoms with Crippen LogP contribution in [-0.2, 0) is 27.2 Å². The van der Waals surface area contributed by atoms with Gasteiger partial charge < -0.3 is 34.5 Å². The zero-order valence-electron chi connectivity index (χ0n) is 34.5. The Kier molecular flexibility index (Phi) is 15.5. The van der Waals surface area contributed by atoms with Gasteiger partial charge in [0.05, 0.1) is 24.4 Å². The molecule has 316 valence electrons. The fourth-order valence-corrected chi connectivity index (χ4v) is 7.90. The van der Waals surface area contributed by atoms with Gasteiger partial charge in [0, 0.05) is 69.5 Å². The number of para-hydroxylation sites is 1. The lowest BCUT2D eigenvalue weighted by Crippen LogP contribution is -2.40. The number of aromatic hydroxyl groups is 1. The van der Waals surface area contributed by atoms with E-state index in [0.717, 1.165) is 53.9 Å². The average molecular weight is 817 g/mol. The van der Waals surface area contributed by atoms with E-state index in [1.807, 2.05) is 72.8 Å². The number of nitrogens with zero attached hydrogens (tertiary/aromatic N) is 2. The van der Waals surface area contributed by atoms with E-state index in [4.69, 9.17) is 9.47 Å². The number of methoxy groups -OCH3 is 1. The minimum absolute atomic E-state index is 0.0392. The van der Waals surface area contributed by atoms with Crippen LogP contribution in [0.2, 0.25) is 0 Å². The van der Waals surface area contributed by atoms with Gasteiger partial charge in [-0.15, -0.1) is 0 Å². The maximum atomic E-state index is 13.0. The lowest BCUT2D eigenvalue weighted by molar-refractivity contribution is -0.130. The third-order valence-electron chi connectivity index (χ3n) is 11.3. The van der Waals surface area contributed by atoms with E-state index in [2.05, 4.69) is 15.2 Å². The van der Waals surface area contributed by atoms with Gasteiger partial charge in [-0.3, -0.25) is 19.7 Å². The molecule has 1 atom stereocenters. The summed E-state index contributed by atoms with van der Waals surface area (Å²) in [6.45, 7) is 2.61. The Morgan fingerprint density at radius 2 is 1.68 bits per heavy atom. The van der Waals surface area contributed by atoms with Crippen molar-refractivity contribution in [1.29, 1.82) is 0 Å². The number of phenols is 1. The SMILES string of the molecule is COc1ccc(CC(=O)CCCN(C)C(=O)CCN2CCC(OC(=O)Nc3ccccc3-c3ccccc3)CC2)cc1CCCC[C@H](O)c1ccc(O)c2[nH]c(=O)ccc12. The molecule has 0 radical (unpaired) electrons. The number of H-pyrrole nitrogens is 1. The maximum absolute atomic E-state index is 13.0. The first kappa shape index (κ1) is 43.6. The molecule has 0 aliphatic carbocycles. The van der Waals surface area contributed by atoms with E-state index in [9.17, 15) is 29.4 Å². The van der Waals surface area contributed by atoms with E-state index in [0.29, 0.717) is 86.6 Å². The Morgan fingerprint density at radius 1 is 0.917 bits per heavy atom. The van der Waals surface area contributed by atoms with Gasteiger partial charge in [-0.1, -0.05) is 73.2 Å². The predicted molar refractivity (Wildman–Crippen MR) is 233 cm³/mol. The van der Waals surface area contributed by atoms with Gasteiger partial charge in [-0.05, 0) is 85.0 Å². The number of ketones is 1. The van der Waals surface area contributed by atoms with Crippen LogP contribution in [0, 0.1) is 0 Å². The van der Waals surface area contributed by atoms with Crippen molar-refractivity contribution in [3.63, 3.8) is 0 Å². The number of fused-ring (bicyclic) bond motifs is 1. The molecule has 4 N–H and O–H groups in total. The van der Waals surface area contributed by atoms with Crippen molar-refractivity contribution >= 4 is 34.4 Å². The number of phenolic OH excluding ortho intramolecular Hbond substituents is 1. The Balaban J connectivity index is 0.861. The summed E-state index contributed by atoms with van der Waals surface area (Å²) in [5.41, 5.74) is 5.19. The number of likely N-dealkylation sites (tertiary alicyclic amines) is 1. The van der Waals surface area contributed by atoms with Crippen LogP contribution in [-0.4, -0.2) is 89.2 Å². The highest BCUT2D eigenvalue weighted by Crippen LogP contribution is 2.32. The molecular formula is C48H56N4O8. The van der Waals surface area contributed by atoms with Crippen LogP contribution in [0.5, 0.6) is 11.5 Å². The lowest BCUT2D eigenvalue weighted by Gasteiger charge is -2.31. The van der Waals surface area contributed by atoms with Crippen LogP contribution in [0.4, 0.5) is 10.5 Å². The number of aliphatic hydroxyl groups is 1. The van der Waals surface area contributed by atoms with Gasteiger partial charge in [-0.25, -0.2) is 4.79 Å². The number of unbranched alkanes of at least 4 members (excludes halogenated alkanes) is 1. The van der Waals surface area contributed by atoms with Crippen molar-refractivity contribution in [1.82, 2.24) is 14.8 Å². The first-order chi connectivity index (χ1) is 29.1. The summed E-state index contributed by atoms with van der Waals surface area (Å²) in [6.07, 6.45) is 4.34. The molecular weight excluding hydrogens is 761 g/mol. The number of hydrogen-bond donors (Lipinski definition) is 4. The third-order valence-corrected chi connectivity index (χ3v) is 11.3. The molecule has 2 heterocycles. The molecule has 0 unspecified atom stereocenters.